The zero-order valence-corrected chi connectivity index (χ0v) is 14.9. The van der Waals surface area contributed by atoms with Gasteiger partial charge in [0.2, 0.25) is 11.8 Å². The average Bonchev–Trinajstić information content (AvgIpc) is 3.02. The van der Waals surface area contributed by atoms with E-state index in [4.69, 9.17) is 4.74 Å². The predicted molar refractivity (Wildman–Crippen MR) is 91.1 cm³/mol. The van der Waals surface area contributed by atoms with Crippen LogP contribution in [0.5, 0.6) is 0 Å². The summed E-state index contributed by atoms with van der Waals surface area (Å²) in [6, 6.07) is 0. The molecular weight excluding hydrogens is 348 g/mol. The number of carbonyl (C=O) groups excluding carboxylic acids is 1. The minimum Gasteiger partial charge on any atom is -0.379 e. The SMILES string of the molecule is O=C(C1CC(F)(F)C1)N1CCCC2(COCCN(c3nccs3)C2)C1. The highest BCUT2D eigenvalue weighted by molar-refractivity contribution is 7.13. The first-order valence-electron chi connectivity index (χ1n) is 8.85. The van der Waals surface area contributed by atoms with E-state index in [1.165, 1.54) is 0 Å². The summed E-state index contributed by atoms with van der Waals surface area (Å²) in [5.74, 6) is -3.26. The van der Waals surface area contributed by atoms with Crippen molar-refractivity contribution < 1.29 is 18.3 Å². The number of anilines is 1. The maximum absolute atomic E-state index is 13.1. The molecule has 1 amide bonds. The Labute approximate surface area is 150 Å². The third kappa shape index (κ3) is 3.51. The molecule has 0 bridgehead atoms. The fraction of sp³-hybridized carbons (Fsp3) is 0.765. The van der Waals surface area contributed by atoms with Crippen LogP contribution in [0.3, 0.4) is 0 Å². The summed E-state index contributed by atoms with van der Waals surface area (Å²) in [6.07, 6.45) is 3.09. The van der Waals surface area contributed by atoms with Gasteiger partial charge >= 0.3 is 0 Å². The van der Waals surface area contributed by atoms with Gasteiger partial charge in [-0.25, -0.2) is 13.8 Å². The molecule has 3 heterocycles. The summed E-state index contributed by atoms with van der Waals surface area (Å²) in [4.78, 5) is 21.1. The van der Waals surface area contributed by atoms with Crippen LogP contribution < -0.4 is 4.90 Å². The molecule has 1 aromatic rings. The molecule has 3 aliphatic rings. The molecule has 0 N–H and O–H groups in total. The van der Waals surface area contributed by atoms with Gasteiger partial charge in [0.1, 0.15) is 0 Å². The van der Waals surface area contributed by atoms with Crippen molar-refractivity contribution in [2.24, 2.45) is 11.3 Å². The summed E-state index contributed by atoms with van der Waals surface area (Å²) in [6.45, 7) is 4.10. The van der Waals surface area contributed by atoms with Crippen molar-refractivity contribution in [2.45, 2.75) is 31.6 Å². The van der Waals surface area contributed by atoms with E-state index in [1.807, 2.05) is 5.38 Å². The largest absolute Gasteiger partial charge is 0.379 e. The van der Waals surface area contributed by atoms with Crippen LogP contribution in [0.2, 0.25) is 0 Å². The maximum Gasteiger partial charge on any atom is 0.249 e. The Bertz CT molecular complexity index is 619. The van der Waals surface area contributed by atoms with Gasteiger partial charge in [0.05, 0.1) is 13.2 Å². The molecule has 1 spiro atoms. The Morgan fingerprint density at radius 1 is 1.32 bits per heavy atom. The van der Waals surface area contributed by atoms with Crippen molar-refractivity contribution in [2.75, 3.05) is 44.3 Å². The molecule has 3 fully saturated rings. The molecule has 1 aromatic heterocycles. The van der Waals surface area contributed by atoms with Gasteiger partial charge in [-0.05, 0) is 12.8 Å². The van der Waals surface area contributed by atoms with Crippen LogP contribution >= 0.6 is 11.3 Å². The lowest BCUT2D eigenvalue weighted by atomic mass is 9.77. The van der Waals surface area contributed by atoms with Crippen LogP contribution in [0.15, 0.2) is 11.6 Å². The Balaban J connectivity index is 1.46. The number of likely N-dealkylation sites (tertiary alicyclic amines) is 1. The summed E-state index contributed by atoms with van der Waals surface area (Å²) in [5.41, 5.74) is -0.137. The number of carbonyl (C=O) groups is 1. The van der Waals surface area contributed by atoms with E-state index in [0.717, 1.165) is 31.1 Å². The number of rotatable bonds is 2. The number of hydrogen-bond acceptors (Lipinski definition) is 5. The highest BCUT2D eigenvalue weighted by Crippen LogP contribution is 2.44. The number of hydrogen-bond donors (Lipinski definition) is 0. The van der Waals surface area contributed by atoms with Gasteiger partial charge in [-0.1, -0.05) is 0 Å². The summed E-state index contributed by atoms with van der Waals surface area (Å²) >= 11 is 1.61. The third-order valence-corrected chi connectivity index (χ3v) is 6.37. The molecule has 2 aliphatic heterocycles. The van der Waals surface area contributed by atoms with Gasteiger partial charge in [0, 0.05) is 61.9 Å². The van der Waals surface area contributed by atoms with E-state index in [9.17, 15) is 13.6 Å². The Morgan fingerprint density at radius 2 is 2.16 bits per heavy atom. The standard InChI is InChI=1S/C17H23F2N3O2S/c18-17(19)8-13(9-17)14(23)21-4-1-2-16(10-21)11-22(5-6-24-12-16)15-20-3-7-25-15/h3,7,13H,1-2,4-6,8-12H2. The van der Waals surface area contributed by atoms with Crippen molar-refractivity contribution in [1.82, 2.24) is 9.88 Å². The molecule has 138 valence electrons. The summed E-state index contributed by atoms with van der Waals surface area (Å²) in [7, 11) is 0. The average molecular weight is 371 g/mol. The zero-order chi connectivity index (χ0) is 17.5. The molecule has 1 saturated carbocycles. The van der Waals surface area contributed by atoms with Gasteiger partial charge in [-0.3, -0.25) is 4.79 Å². The number of aromatic nitrogens is 1. The van der Waals surface area contributed by atoms with E-state index >= 15 is 0 Å². The highest BCUT2D eigenvalue weighted by Gasteiger charge is 2.51. The van der Waals surface area contributed by atoms with Crippen LogP contribution in [-0.2, 0) is 9.53 Å². The van der Waals surface area contributed by atoms with Crippen LogP contribution in [0, 0.1) is 11.3 Å². The molecule has 8 heteroatoms. The molecular formula is C17H23F2N3O2S. The molecule has 0 aromatic carbocycles. The molecule has 0 radical (unpaired) electrons. The first-order valence-corrected chi connectivity index (χ1v) is 9.73. The lowest BCUT2D eigenvalue weighted by Gasteiger charge is -2.46. The fourth-order valence-electron chi connectivity index (χ4n) is 4.27. The Morgan fingerprint density at radius 3 is 2.88 bits per heavy atom. The van der Waals surface area contributed by atoms with Crippen LogP contribution in [0.1, 0.15) is 25.7 Å². The first-order chi connectivity index (χ1) is 12.0. The molecule has 1 unspecified atom stereocenters. The lowest BCUT2D eigenvalue weighted by molar-refractivity contribution is -0.163. The highest BCUT2D eigenvalue weighted by atomic mass is 32.1. The first kappa shape index (κ1) is 17.1. The van der Waals surface area contributed by atoms with E-state index < -0.39 is 11.8 Å². The molecule has 25 heavy (non-hydrogen) atoms. The predicted octanol–water partition coefficient (Wildman–Crippen LogP) is 2.63. The molecule has 4 rings (SSSR count). The van der Waals surface area contributed by atoms with Crippen molar-refractivity contribution >= 4 is 22.4 Å². The number of ether oxygens (including phenoxy) is 1. The summed E-state index contributed by atoms with van der Waals surface area (Å²) < 4.78 is 32.1. The Hall–Kier alpha value is -1.28. The van der Waals surface area contributed by atoms with Crippen LogP contribution in [-0.4, -0.2) is 61.1 Å². The normalized spacial score (nSPS) is 30.2. The number of thiazole rings is 1. The number of piperidine rings is 1. The maximum atomic E-state index is 13.1. The van der Waals surface area contributed by atoms with E-state index in [0.29, 0.717) is 26.3 Å². The zero-order valence-electron chi connectivity index (χ0n) is 14.1. The quantitative estimate of drug-likeness (QED) is 0.802. The van der Waals surface area contributed by atoms with E-state index in [-0.39, 0.29) is 24.2 Å². The molecule has 1 aliphatic carbocycles. The van der Waals surface area contributed by atoms with Crippen molar-refractivity contribution in [3.8, 4) is 0 Å². The minimum atomic E-state index is -2.65. The third-order valence-electron chi connectivity index (χ3n) is 5.54. The van der Waals surface area contributed by atoms with Gasteiger partial charge < -0.3 is 14.5 Å². The fourth-order valence-corrected chi connectivity index (χ4v) is 4.94. The number of amides is 1. The van der Waals surface area contributed by atoms with E-state index in [2.05, 4.69) is 9.88 Å². The summed E-state index contributed by atoms with van der Waals surface area (Å²) in [5, 5.41) is 2.94. The topological polar surface area (TPSA) is 45.7 Å². The minimum absolute atomic E-state index is 0.102. The molecule has 2 saturated heterocycles. The number of nitrogens with zero attached hydrogens (tertiary/aromatic N) is 3. The Kier molecular flexibility index (Phi) is 4.43. The van der Waals surface area contributed by atoms with Crippen molar-refractivity contribution in [1.29, 1.82) is 0 Å². The smallest absolute Gasteiger partial charge is 0.249 e. The van der Waals surface area contributed by atoms with Crippen LogP contribution in [0.25, 0.3) is 0 Å². The second-order valence-electron chi connectivity index (χ2n) is 7.61. The number of halogens is 2. The molecule has 1 atom stereocenters. The lowest BCUT2D eigenvalue weighted by Crippen LogP contribution is -2.55. The van der Waals surface area contributed by atoms with Crippen molar-refractivity contribution in [3.63, 3.8) is 0 Å². The second kappa shape index (κ2) is 6.46. The van der Waals surface area contributed by atoms with Gasteiger partial charge in [0.25, 0.3) is 0 Å². The van der Waals surface area contributed by atoms with Gasteiger partial charge in [-0.2, -0.15) is 0 Å². The monoisotopic (exact) mass is 371 g/mol. The van der Waals surface area contributed by atoms with Gasteiger partial charge in [-0.15, -0.1) is 11.3 Å². The van der Waals surface area contributed by atoms with Gasteiger partial charge in [0.15, 0.2) is 5.13 Å². The second-order valence-corrected chi connectivity index (χ2v) is 8.49. The number of alkyl halides is 2. The van der Waals surface area contributed by atoms with Crippen LogP contribution in [0.4, 0.5) is 13.9 Å². The van der Waals surface area contributed by atoms with E-state index in [1.54, 1.807) is 22.4 Å². The molecule has 5 nitrogen and oxygen atoms in total. The van der Waals surface area contributed by atoms with Crippen molar-refractivity contribution in [3.05, 3.63) is 11.6 Å².